The number of hydrogen-bond donors (Lipinski definition) is 0. The molecule has 3 rings (SSSR count). The zero-order valence-electron chi connectivity index (χ0n) is 23.1. The highest BCUT2D eigenvalue weighted by Gasteiger charge is 2.42. The molecule has 0 radical (unpaired) electrons. The third-order valence-electron chi connectivity index (χ3n) is 8.35. The first-order valence-electron chi connectivity index (χ1n) is 13.0. The first kappa shape index (κ1) is 25.7. The molecular weight excluding hydrogens is 414 g/mol. The predicted molar refractivity (Wildman–Crippen MR) is 150 cm³/mol. The fourth-order valence-electron chi connectivity index (χ4n) is 6.10. The minimum atomic E-state index is -1.61. The van der Waals surface area contributed by atoms with Crippen LogP contribution in [-0.4, -0.2) is 8.07 Å². The van der Waals surface area contributed by atoms with E-state index in [4.69, 9.17) is 0 Å². The van der Waals surface area contributed by atoms with E-state index >= 15 is 0 Å². The molecule has 2 heteroatoms. The maximum Gasteiger partial charge on any atom is 0.220 e. The van der Waals surface area contributed by atoms with Gasteiger partial charge in [-0.1, -0.05) is 97.8 Å². The van der Waals surface area contributed by atoms with Crippen molar-refractivity contribution in [2.24, 2.45) is 7.05 Å². The first-order chi connectivity index (χ1) is 15.4. The van der Waals surface area contributed by atoms with Crippen molar-refractivity contribution < 1.29 is 4.57 Å². The van der Waals surface area contributed by atoms with E-state index < -0.39 is 8.07 Å². The minimum absolute atomic E-state index is 0.348. The fourth-order valence-corrected chi connectivity index (χ4v) is 11.2. The zero-order chi connectivity index (χ0) is 24.7. The van der Waals surface area contributed by atoms with E-state index in [2.05, 4.69) is 123 Å². The van der Waals surface area contributed by atoms with E-state index in [1.165, 1.54) is 50.8 Å². The van der Waals surface area contributed by atoms with Crippen LogP contribution in [0, 0.1) is 6.92 Å². The summed E-state index contributed by atoms with van der Waals surface area (Å²) in [5.41, 5.74) is 7.06. The van der Waals surface area contributed by atoms with E-state index in [0.29, 0.717) is 16.9 Å². The van der Waals surface area contributed by atoms with Crippen molar-refractivity contribution >= 4 is 24.0 Å². The summed E-state index contributed by atoms with van der Waals surface area (Å²) < 4.78 is 2.33. The Morgan fingerprint density at radius 3 is 2.03 bits per heavy atom. The van der Waals surface area contributed by atoms with Crippen LogP contribution >= 0.6 is 0 Å². The van der Waals surface area contributed by atoms with Gasteiger partial charge in [0, 0.05) is 6.07 Å². The van der Waals surface area contributed by atoms with Crippen molar-refractivity contribution in [3.63, 3.8) is 0 Å². The van der Waals surface area contributed by atoms with Crippen LogP contribution in [0.1, 0.15) is 90.8 Å². The predicted octanol–water partition coefficient (Wildman–Crippen LogP) is 8.38. The number of nitrogens with zero attached hydrogens (tertiary/aromatic N) is 1. The highest BCUT2D eigenvalue weighted by Crippen LogP contribution is 2.42. The number of fused-ring (bicyclic) bond motifs is 1. The van der Waals surface area contributed by atoms with Crippen LogP contribution in [0.3, 0.4) is 0 Å². The molecule has 0 saturated heterocycles. The van der Waals surface area contributed by atoms with Gasteiger partial charge in [-0.3, -0.25) is 0 Å². The van der Waals surface area contributed by atoms with Crippen LogP contribution in [-0.2, 0) is 7.05 Å². The Bertz CT molecular complexity index is 1140. The lowest BCUT2D eigenvalue weighted by atomic mass is 9.86. The average Bonchev–Trinajstić information content (AvgIpc) is 2.74. The van der Waals surface area contributed by atoms with Crippen molar-refractivity contribution in [3.8, 4) is 11.3 Å². The second-order valence-corrected chi connectivity index (χ2v) is 17.4. The maximum atomic E-state index is 2.54. The van der Waals surface area contributed by atoms with Gasteiger partial charge < -0.3 is 0 Å². The summed E-state index contributed by atoms with van der Waals surface area (Å²) in [4.78, 5) is 0. The van der Waals surface area contributed by atoms with Gasteiger partial charge in [-0.15, -0.1) is 0 Å². The van der Waals surface area contributed by atoms with E-state index in [1.807, 2.05) is 0 Å². The smallest absolute Gasteiger partial charge is 0.200 e. The number of rotatable bonds is 6. The molecule has 0 N–H and O–H groups in total. The second kappa shape index (κ2) is 9.37. The molecule has 1 heterocycles. The molecule has 3 aromatic rings. The Hall–Kier alpha value is -1.93. The molecule has 0 spiro atoms. The summed E-state index contributed by atoms with van der Waals surface area (Å²) in [6.07, 6.45) is 2.26. The van der Waals surface area contributed by atoms with Gasteiger partial charge in [0.15, 0.2) is 6.20 Å². The quantitative estimate of drug-likeness (QED) is 0.257. The molecule has 0 aliphatic carbocycles. The number of hydrogen-bond acceptors (Lipinski definition) is 0. The molecule has 178 valence electrons. The standard InChI is InChI=1S/C31H46NSi/c1-12-33(13-2,31(8,9)10)26-14-15-27-24(18-26)16-17-32(11)30(27)29-20-25(21(3)4)19-28(22(5)6)23(29)7/h14-22H,12-13H2,1-11H3/q+1. The lowest BCUT2D eigenvalue weighted by Crippen LogP contribution is -2.53. The van der Waals surface area contributed by atoms with Crippen LogP contribution in [0.2, 0.25) is 17.1 Å². The van der Waals surface area contributed by atoms with Gasteiger partial charge in [0.25, 0.3) is 0 Å². The molecule has 0 aliphatic heterocycles. The zero-order valence-corrected chi connectivity index (χ0v) is 24.1. The van der Waals surface area contributed by atoms with Crippen molar-refractivity contribution in [1.29, 1.82) is 0 Å². The summed E-state index contributed by atoms with van der Waals surface area (Å²) in [6.45, 7) is 23.8. The maximum absolute atomic E-state index is 2.54. The van der Waals surface area contributed by atoms with Gasteiger partial charge in [0.1, 0.15) is 7.05 Å². The van der Waals surface area contributed by atoms with E-state index in [0.717, 1.165) is 0 Å². The average molecular weight is 461 g/mol. The molecule has 0 bridgehead atoms. The molecule has 0 unspecified atom stereocenters. The summed E-state index contributed by atoms with van der Waals surface area (Å²) >= 11 is 0. The van der Waals surface area contributed by atoms with Crippen molar-refractivity contribution in [3.05, 3.63) is 59.3 Å². The van der Waals surface area contributed by atoms with E-state index in [1.54, 1.807) is 5.19 Å². The van der Waals surface area contributed by atoms with Gasteiger partial charge in [-0.2, -0.15) is 0 Å². The number of aromatic nitrogens is 1. The highest BCUT2D eigenvalue weighted by atomic mass is 28.3. The topological polar surface area (TPSA) is 3.88 Å². The first-order valence-corrected chi connectivity index (χ1v) is 15.4. The summed E-state index contributed by atoms with van der Waals surface area (Å²) in [5, 5.41) is 4.71. The molecular formula is C31H46NSi+. The van der Waals surface area contributed by atoms with E-state index in [-0.39, 0.29) is 0 Å². The molecule has 33 heavy (non-hydrogen) atoms. The second-order valence-electron chi connectivity index (χ2n) is 11.7. The Balaban J connectivity index is 2.34. The number of aryl methyl sites for hydroxylation is 1. The fraction of sp³-hybridized carbons (Fsp3) is 0.516. The lowest BCUT2D eigenvalue weighted by Gasteiger charge is -2.42. The SMILES string of the molecule is CC[Si](CC)(c1ccc2c(-c3cc(C(C)C)cc(C(C)C)c3C)[n+](C)ccc2c1)C(C)(C)C. The molecule has 0 aliphatic rings. The summed E-state index contributed by atoms with van der Waals surface area (Å²) in [7, 11) is 0.586. The van der Waals surface area contributed by atoms with Gasteiger partial charge in [-0.05, 0) is 58.0 Å². The Labute approximate surface area is 204 Å². The van der Waals surface area contributed by atoms with Crippen molar-refractivity contribution in [2.75, 3.05) is 0 Å². The monoisotopic (exact) mass is 460 g/mol. The van der Waals surface area contributed by atoms with Crippen LogP contribution in [0.4, 0.5) is 0 Å². The summed E-state index contributed by atoms with van der Waals surface area (Å²) in [6, 6.07) is 17.2. The van der Waals surface area contributed by atoms with Gasteiger partial charge in [-0.25, -0.2) is 4.57 Å². The van der Waals surface area contributed by atoms with Gasteiger partial charge in [0.2, 0.25) is 5.69 Å². The molecule has 2 aromatic carbocycles. The van der Waals surface area contributed by atoms with Crippen molar-refractivity contribution in [1.82, 2.24) is 0 Å². The molecule has 0 fully saturated rings. The number of pyridine rings is 1. The lowest BCUT2D eigenvalue weighted by molar-refractivity contribution is -0.659. The molecule has 1 nitrogen and oxygen atoms in total. The minimum Gasteiger partial charge on any atom is -0.200 e. The van der Waals surface area contributed by atoms with Crippen molar-refractivity contribution in [2.45, 2.75) is 98.2 Å². The molecule has 0 saturated carbocycles. The van der Waals surface area contributed by atoms with Gasteiger partial charge in [0.05, 0.1) is 19.0 Å². The van der Waals surface area contributed by atoms with Crippen LogP contribution in [0.5, 0.6) is 0 Å². The summed E-state index contributed by atoms with van der Waals surface area (Å²) in [5.74, 6) is 1.03. The third kappa shape index (κ3) is 4.44. The number of benzene rings is 2. The molecule has 0 amide bonds. The van der Waals surface area contributed by atoms with Crippen LogP contribution in [0.15, 0.2) is 42.6 Å². The van der Waals surface area contributed by atoms with Crippen LogP contribution in [0.25, 0.3) is 22.0 Å². The largest absolute Gasteiger partial charge is 0.220 e. The Kier molecular flexibility index (Phi) is 7.29. The molecule has 1 aromatic heterocycles. The normalized spacial score (nSPS) is 12.9. The highest BCUT2D eigenvalue weighted by molar-refractivity contribution is 6.94. The van der Waals surface area contributed by atoms with Gasteiger partial charge >= 0.3 is 0 Å². The Morgan fingerprint density at radius 2 is 1.52 bits per heavy atom. The van der Waals surface area contributed by atoms with Crippen LogP contribution < -0.4 is 9.75 Å². The third-order valence-corrected chi connectivity index (χ3v) is 15.0. The van der Waals surface area contributed by atoms with E-state index in [9.17, 15) is 0 Å². The molecule has 0 atom stereocenters. The Morgan fingerprint density at radius 1 is 0.879 bits per heavy atom.